The molecule has 7 heteroatoms. The van der Waals surface area contributed by atoms with Gasteiger partial charge in [-0.15, -0.1) is 0 Å². The molecule has 1 aromatic heterocycles. The van der Waals surface area contributed by atoms with Crippen LogP contribution in [0.5, 0.6) is 0 Å². The first-order valence-corrected chi connectivity index (χ1v) is 8.21. The van der Waals surface area contributed by atoms with Gasteiger partial charge in [-0.2, -0.15) is 0 Å². The maximum absolute atomic E-state index is 10.7. The van der Waals surface area contributed by atoms with E-state index in [-0.39, 0.29) is 18.3 Å². The van der Waals surface area contributed by atoms with E-state index >= 15 is 0 Å². The summed E-state index contributed by atoms with van der Waals surface area (Å²) in [7, 11) is 1.80. The first-order chi connectivity index (χ1) is 11.1. The Bertz CT molecular complexity index is 521. The molecule has 0 radical (unpaired) electrons. The van der Waals surface area contributed by atoms with Crippen LogP contribution >= 0.6 is 0 Å². The Kier molecular flexibility index (Phi) is 4.99. The third-order valence-electron chi connectivity index (χ3n) is 5.30. The van der Waals surface area contributed by atoms with Crippen LogP contribution in [0.3, 0.4) is 0 Å². The molecule has 0 unspecified atom stereocenters. The second-order valence-corrected chi connectivity index (χ2v) is 6.47. The van der Waals surface area contributed by atoms with Gasteiger partial charge in [0.1, 0.15) is 6.61 Å². The van der Waals surface area contributed by atoms with Crippen LogP contribution in [-0.4, -0.2) is 70.1 Å². The molecule has 1 saturated carbocycles. The Morgan fingerprint density at radius 1 is 1.43 bits per heavy atom. The summed E-state index contributed by atoms with van der Waals surface area (Å²) in [5.41, 5.74) is -0.0992. The number of carboxylic acid groups (broad SMARTS) is 1. The van der Waals surface area contributed by atoms with Gasteiger partial charge in [0.05, 0.1) is 18.0 Å². The molecule has 2 heterocycles. The minimum absolute atomic E-state index is 0.00761. The summed E-state index contributed by atoms with van der Waals surface area (Å²) in [6, 6.07) is 0.295. The molecule has 0 amide bonds. The van der Waals surface area contributed by atoms with Crippen LogP contribution in [0.1, 0.15) is 25.7 Å². The van der Waals surface area contributed by atoms with Crippen molar-refractivity contribution in [2.24, 2.45) is 0 Å². The van der Waals surface area contributed by atoms with Crippen LogP contribution in [-0.2, 0) is 20.8 Å². The summed E-state index contributed by atoms with van der Waals surface area (Å²) in [5, 5.41) is 8.80. The molecule has 1 aromatic rings. The molecule has 1 aliphatic heterocycles. The fraction of sp³-hybridized carbons (Fsp3) is 0.750. The number of methoxy groups -OCH3 is 1. The van der Waals surface area contributed by atoms with E-state index in [1.54, 1.807) is 13.3 Å². The first kappa shape index (κ1) is 16.4. The van der Waals surface area contributed by atoms with Gasteiger partial charge in [-0.1, -0.05) is 0 Å². The van der Waals surface area contributed by atoms with E-state index in [1.165, 1.54) is 0 Å². The van der Waals surface area contributed by atoms with Crippen LogP contribution in [0.25, 0.3) is 0 Å². The van der Waals surface area contributed by atoms with E-state index in [1.807, 2.05) is 12.5 Å². The van der Waals surface area contributed by atoms with Gasteiger partial charge in [0.25, 0.3) is 0 Å². The Morgan fingerprint density at radius 2 is 2.30 bits per heavy atom. The molecule has 0 spiro atoms. The molecular formula is C16H25N3O4. The normalized spacial score (nSPS) is 31.2. The molecule has 1 saturated heterocycles. The average molecular weight is 323 g/mol. The third kappa shape index (κ3) is 3.57. The summed E-state index contributed by atoms with van der Waals surface area (Å²) in [6.07, 6.45) is 9.27. The monoisotopic (exact) mass is 323 g/mol. The Labute approximate surface area is 136 Å². The van der Waals surface area contributed by atoms with E-state index < -0.39 is 5.97 Å². The van der Waals surface area contributed by atoms with Crippen molar-refractivity contribution in [1.29, 1.82) is 0 Å². The number of hydrogen-bond acceptors (Lipinski definition) is 5. The number of nitrogens with zero attached hydrogens (tertiary/aromatic N) is 3. The maximum Gasteiger partial charge on any atom is 0.329 e. The number of aliphatic carboxylic acids is 1. The van der Waals surface area contributed by atoms with Gasteiger partial charge in [0.15, 0.2) is 0 Å². The van der Waals surface area contributed by atoms with Crippen molar-refractivity contribution in [1.82, 2.24) is 14.5 Å². The van der Waals surface area contributed by atoms with E-state index in [0.717, 1.165) is 45.3 Å². The molecule has 1 aliphatic carbocycles. The van der Waals surface area contributed by atoms with Gasteiger partial charge in [-0.3, -0.25) is 4.90 Å². The van der Waals surface area contributed by atoms with Gasteiger partial charge >= 0.3 is 5.97 Å². The molecule has 2 aliphatic rings. The molecular weight excluding hydrogens is 298 g/mol. The number of carbonyl (C=O) groups is 1. The molecule has 0 bridgehead atoms. The fourth-order valence-corrected chi connectivity index (χ4v) is 4.03. The molecule has 23 heavy (non-hydrogen) atoms. The molecule has 3 atom stereocenters. The standard InChI is InChI=1S/C16H25N3O4/c1-22-16-3-2-13(23-11-15(20)21)10-14(16)19(6-4-16)9-8-18-7-5-17-12-18/h5,7,12-14H,2-4,6,8-11H2,1H3,(H,20,21)/t13-,14+,16-/m0/s1. The molecule has 7 nitrogen and oxygen atoms in total. The molecule has 1 N–H and O–H groups in total. The van der Waals surface area contributed by atoms with Gasteiger partial charge in [0, 0.05) is 45.2 Å². The van der Waals surface area contributed by atoms with Crippen molar-refractivity contribution in [2.45, 2.75) is 50.0 Å². The predicted octanol–water partition coefficient (Wildman–Crippen LogP) is 0.996. The number of likely N-dealkylation sites (tertiary alicyclic amines) is 1. The number of imidazole rings is 1. The lowest BCUT2D eigenvalue weighted by Crippen LogP contribution is -2.52. The maximum atomic E-state index is 10.7. The number of fused-ring (bicyclic) bond motifs is 1. The van der Waals surface area contributed by atoms with Gasteiger partial charge in [0.2, 0.25) is 0 Å². The SMILES string of the molecule is CO[C@]12CC[C@H](OCC(=O)O)C[C@H]1N(CCn1ccnc1)CC2. The van der Waals surface area contributed by atoms with E-state index in [4.69, 9.17) is 14.6 Å². The van der Waals surface area contributed by atoms with Crippen LogP contribution in [0.2, 0.25) is 0 Å². The summed E-state index contributed by atoms with van der Waals surface area (Å²) in [5.74, 6) is -0.906. The minimum atomic E-state index is -0.906. The third-order valence-corrected chi connectivity index (χ3v) is 5.30. The van der Waals surface area contributed by atoms with Crippen LogP contribution in [0.4, 0.5) is 0 Å². The highest BCUT2D eigenvalue weighted by atomic mass is 16.5. The average Bonchev–Trinajstić information content (AvgIpc) is 3.18. The highest BCUT2D eigenvalue weighted by Crippen LogP contribution is 2.43. The van der Waals surface area contributed by atoms with Gasteiger partial charge < -0.3 is 19.1 Å². The zero-order chi connectivity index (χ0) is 16.3. The second kappa shape index (κ2) is 6.98. The van der Waals surface area contributed by atoms with Crippen molar-refractivity contribution in [2.75, 3.05) is 26.8 Å². The summed E-state index contributed by atoms with van der Waals surface area (Å²) < 4.78 is 13.5. The molecule has 128 valence electrons. The molecule has 0 aromatic carbocycles. The summed E-state index contributed by atoms with van der Waals surface area (Å²) in [4.78, 5) is 17.3. The lowest BCUT2D eigenvalue weighted by molar-refractivity contribution is -0.148. The Morgan fingerprint density at radius 3 is 3.00 bits per heavy atom. The van der Waals surface area contributed by atoms with Crippen LogP contribution < -0.4 is 0 Å². The topological polar surface area (TPSA) is 76.8 Å². The van der Waals surface area contributed by atoms with Crippen molar-refractivity contribution in [3.8, 4) is 0 Å². The van der Waals surface area contributed by atoms with E-state index in [2.05, 4.69) is 14.5 Å². The number of ether oxygens (including phenoxy) is 2. The quantitative estimate of drug-likeness (QED) is 0.806. The Balaban J connectivity index is 1.61. The summed E-state index contributed by atoms with van der Waals surface area (Å²) >= 11 is 0. The predicted molar refractivity (Wildman–Crippen MR) is 83.2 cm³/mol. The van der Waals surface area contributed by atoms with Crippen LogP contribution in [0.15, 0.2) is 18.7 Å². The number of hydrogen-bond donors (Lipinski definition) is 1. The largest absolute Gasteiger partial charge is 0.480 e. The first-order valence-electron chi connectivity index (χ1n) is 8.21. The minimum Gasteiger partial charge on any atom is -0.480 e. The summed E-state index contributed by atoms with van der Waals surface area (Å²) in [6.45, 7) is 2.64. The number of aromatic nitrogens is 2. The lowest BCUT2D eigenvalue weighted by atomic mass is 9.79. The van der Waals surface area contributed by atoms with Crippen LogP contribution in [0, 0.1) is 0 Å². The van der Waals surface area contributed by atoms with Crippen molar-refractivity contribution in [3.63, 3.8) is 0 Å². The highest BCUT2D eigenvalue weighted by molar-refractivity contribution is 5.68. The smallest absolute Gasteiger partial charge is 0.329 e. The number of carboxylic acids is 1. The van der Waals surface area contributed by atoms with Crippen molar-refractivity contribution >= 4 is 5.97 Å². The molecule has 2 fully saturated rings. The van der Waals surface area contributed by atoms with Crippen molar-refractivity contribution in [3.05, 3.63) is 18.7 Å². The fourth-order valence-electron chi connectivity index (χ4n) is 4.03. The lowest BCUT2D eigenvalue weighted by Gasteiger charge is -2.43. The van der Waals surface area contributed by atoms with Gasteiger partial charge in [-0.25, -0.2) is 9.78 Å². The zero-order valence-corrected chi connectivity index (χ0v) is 13.6. The Hall–Kier alpha value is -1.44. The second-order valence-electron chi connectivity index (χ2n) is 6.47. The molecule has 3 rings (SSSR count). The number of rotatable bonds is 7. The van der Waals surface area contributed by atoms with E-state index in [0.29, 0.717) is 6.04 Å². The van der Waals surface area contributed by atoms with Crippen molar-refractivity contribution < 1.29 is 19.4 Å². The van der Waals surface area contributed by atoms with E-state index in [9.17, 15) is 4.79 Å². The zero-order valence-electron chi connectivity index (χ0n) is 13.6. The highest BCUT2D eigenvalue weighted by Gasteiger charge is 2.51. The van der Waals surface area contributed by atoms with Gasteiger partial charge in [-0.05, 0) is 25.7 Å².